The normalized spacial score (nSPS) is 14.9. The van der Waals surface area contributed by atoms with Crippen molar-refractivity contribution in [2.24, 2.45) is 0 Å². The summed E-state index contributed by atoms with van der Waals surface area (Å²) in [6.45, 7) is 4.36. The number of carbonyl (C=O) groups is 1. The van der Waals surface area contributed by atoms with Gasteiger partial charge in [-0.1, -0.05) is 30.3 Å². The molecular formula is C23H24N4O4. The van der Waals surface area contributed by atoms with E-state index in [2.05, 4.69) is 10.2 Å². The lowest BCUT2D eigenvalue weighted by molar-refractivity contribution is -0.384. The third-order valence-corrected chi connectivity index (χ3v) is 5.51. The third kappa shape index (κ3) is 4.53. The summed E-state index contributed by atoms with van der Waals surface area (Å²) >= 11 is 0. The van der Waals surface area contributed by atoms with Crippen LogP contribution in [0.25, 0.3) is 0 Å². The van der Waals surface area contributed by atoms with E-state index in [1.165, 1.54) is 12.3 Å². The van der Waals surface area contributed by atoms with E-state index in [0.717, 1.165) is 11.3 Å². The van der Waals surface area contributed by atoms with Gasteiger partial charge in [0.05, 0.1) is 11.2 Å². The molecule has 1 N–H and O–H groups in total. The van der Waals surface area contributed by atoms with Crippen molar-refractivity contribution >= 4 is 23.0 Å². The van der Waals surface area contributed by atoms with Gasteiger partial charge in [0.1, 0.15) is 5.69 Å². The van der Waals surface area contributed by atoms with Crippen LogP contribution in [0, 0.1) is 10.1 Å². The molecule has 0 bridgehead atoms. The Morgan fingerprint density at radius 1 is 1.06 bits per heavy atom. The maximum Gasteiger partial charge on any atom is 0.292 e. The largest absolute Gasteiger partial charge is 0.459 e. The molecule has 0 radical (unpaired) electrons. The zero-order valence-corrected chi connectivity index (χ0v) is 17.2. The Bertz CT molecular complexity index is 1040. The van der Waals surface area contributed by atoms with Crippen molar-refractivity contribution in [3.8, 4) is 0 Å². The molecule has 160 valence electrons. The van der Waals surface area contributed by atoms with Gasteiger partial charge in [-0.3, -0.25) is 14.9 Å². The van der Waals surface area contributed by atoms with E-state index < -0.39 is 0 Å². The Kier molecular flexibility index (Phi) is 5.88. The summed E-state index contributed by atoms with van der Waals surface area (Å²) in [5.74, 6) is 0.220. The van der Waals surface area contributed by atoms with Crippen LogP contribution in [0.5, 0.6) is 0 Å². The maximum absolute atomic E-state index is 12.5. The number of furan rings is 1. The highest BCUT2D eigenvalue weighted by Crippen LogP contribution is 2.32. The average Bonchev–Trinajstić information content (AvgIpc) is 3.34. The number of rotatable bonds is 6. The second-order valence-electron chi connectivity index (χ2n) is 7.49. The van der Waals surface area contributed by atoms with Gasteiger partial charge in [0.2, 0.25) is 0 Å². The molecule has 0 saturated carbocycles. The van der Waals surface area contributed by atoms with Gasteiger partial charge in [0.25, 0.3) is 11.6 Å². The summed E-state index contributed by atoms with van der Waals surface area (Å²) in [6, 6.07) is 18.2. The average molecular weight is 420 g/mol. The lowest BCUT2D eigenvalue weighted by Gasteiger charge is -2.36. The first-order valence-corrected chi connectivity index (χ1v) is 10.2. The molecule has 1 amide bonds. The monoisotopic (exact) mass is 420 g/mol. The number of nitro benzene ring substituents is 1. The SMILES string of the molecule is C[C@H](Nc1cc(N2CCN(C(=O)c3ccco3)CC2)ccc1[N+](=O)[O-])c1ccccc1. The number of benzene rings is 2. The minimum atomic E-state index is -0.371. The maximum atomic E-state index is 12.5. The van der Waals surface area contributed by atoms with Crippen molar-refractivity contribution in [2.75, 3.05) is 36.4 Å². The van der Waals surface area contributed by atoms with E-state index in [0.29, 0.717) is 37.6 Å². The molecule has 4 rings (SSSR count). The highest BCUT2D eigenvalue weighted by atomic mass is 16.6. The van der Waals surface area contributed by atoms with Crippen molar-refractivity contribution in [3.05, 3.63) is 88.4 Å². The van der Waals surface area contributed by atoms with E-state index in [1.54, 1.807) is 23.1 Å². The number of nitrogens with zero attached hydrogens (tertiary/aromatic N) is 3. The van der Waals surface area contributed by atoms with Gasteiger partial charge in [0, 0.05) is 44.0 Å². The van der Waals surface area contributed by atoms with Gasteiger partial charge in [-0.05, 0) is 36.8 Å². The lowest BCUT2D eigenvalue weighted by Crippen LogP contribution is -2.48. The Balaban J connectivity index is 1.48. The standard InChI is InChI=1S/C23H24N4O4/c1-17(18-6-3-2-4-7-18)24-20-16-19(9-10-21(20)27(29)30)25-11-13-26(14-12-25)23(28)22-8-5-15-31-22/h2-10,15-17,24H,11-14H2,1H3/t17-/m0/s1. The third-order valence-electron chi connectivity index (χ3n) is 5.51. The summed E-state index contributed by atoms with van der Waals surface area (Å²) in [5, 5.41) is 14.8. The number of nitro groups is 1. The quantitative estimate of drug-likeness (QED) is 0.472. The second kappa shape index (κ2) is 8.91. The number of piperazine rings is 1. The first-order valence-electron chi connectivity index (χ1n) is 10.2. The summed E-state index contributed by atoms with van der Waals surface area (Å²) in [7, 11) is 0. The molecule has 0 spiro atoms. The molecule has 8 heteroatoms. The molecule has 2 aromatic carbocycles. The number of hydrogen-bond donors (Lipinski definition) is 1. The second-order valence-corrected chi connectivity index (χ2v) is 7.49. The Morgan fingerprint density at radius 3 is 2.45 bits per heavy atom. The molecule has 1 aromatic heterocycles. The van der Waals surface area contributed by atoms with Crippen LogP contribution in [0.3, 0.4) is 0 Å². The van der Waals surface area contributed by atoms with Crippen LogP contribution in [0.15, 0.2) is 71.3 Å². The summed E-state index contributed by atoms with van der Waals surface area (Å²) in [6.07, 6.45) is 1.49. The molecule has 1 saturated heterocycles. The Morgan fingerprint density at radius 2 is 1.81 bits per heavy atom. The van der Waals surface area contributed by atoms with E-state index in [4.69, 9.17) is 4.42 Å². The molecule has 1 aliphatic heterocycles. The number of carbonyl (C=O) groups excluding carboxylic acids is 1. The summed E-state index contributed by atoms with van der Waals surface area (Å²) in [4.78, 5) is 27.5. The van der Waals surface area contributed by atoms with Crippen molar-refractivity contribution in [3.63, 3.8) is 0 Å². The minimum absolute atomic E-state index is 0.0400. The fraction of sp³-hybridized carbons (Fsp3) is 0.261. The predicted octanol–water partition coefficient (Wildman–Crippen LogP) is 4.32. The number of anilines is 2. The lowest BCUT2D eigenvalue weighted by atomic mass is 10.1. The van der Waals surface area contributed by atoms with Crippen LogP contribution in [0.2, 0.25) is 0 Å². The zero-order valence-electron chi connectivity index (χ0n) is 17.2. The summed E-state index contributed by atoms with van der Waals surface area (Å²) in [5.41, 5.74) is 2.46. The summed E-state index contributed by atoms with van der Waals surface area (Å²) < 4.78 is 5.21. The minimum Gasteiger partial charge on any atom is -0.459 e. The number of amides is 1. The highest BCUT2D eigenvalue weighted by Gasteiger charge is 2.25. The van der Waals surface area contributed by atoms with Gasteiger partial charge in [0.15, 0.2) is 5.76 Å². The van der Waals surface area contributed by atoms with Crippen LogP contribution in [-0.2, 0) is 0 Å². The van der Waals surface area contributed by atoms with Crippen LogP contribution in [0.4, 0.5) is 17.1 Å². The smallest absolute Gasteiger partial charge is 0.292 e. The molecular weight excluding hydrogens is 396 g/mol. The highest BCUT2D eigenvalue weighted by molar-refractivity contribution is 5.91. The molecule has 1 aliphatic rings. The van der Waals surface area contributed by atoms with Crippen molar-refractivity contribution in [1.82, 2.24) is 4.90 Å². The Hall–Kier alpha value is -3.81. The molecule has 0 aliphatic carbocycles. The molecule has 3 aromatic rings. The fourth-order valence-corrected chi connectivity index (χ4v) is 3.78. The molecule has 1 atom stereocenters. The molecule has 1 fully saturated rings. The van der Waals surface area contributed by atoms with Crippen LogP contribution in [-0.4, -0.2) is 41.9 Å². The zero-order chi connectivity index (χ0) is 21.8. The van der Waals surface area contributed by atoms with E-state index in [9.17, 15) is 14.9 Å². The number of hydrogen-bond acceptors (Lipinski definition) is 6. The Labute approximate surface area is 180 Å². The van der Waals surface area contributed by atoms with E-state index >= 15 is 0 Å². The molecule has 8 nitrogen and oxygen atoms in total. The van der Waals surface area contributed by atoms with Gasteiger partial charge in [-0.15, -0.1) is 0 Å². The molecule has 2 heterocycles. The fourth-order valence-electron chi connectivity index (χ4n) is 3.78. The van der Waals surface area contributed by atoms with Gasteiger partial charge < -0.3 is 19.5 Å². The van der Waals surface area contributed by atoms with Gasteiger partial charge >= 0.3 is 0 Å². The molecule has 31 heavy (non-hydrogen) atoms. The first kappa shape index (κ1) is 20.5. The first-order chi connectivity index (χ1) is 15.0. The predicted molar refractivity (Wildman–Crippen MR) is 118 cm³/mol. The van der Waals surface area contributed by atoms with E-state index in [-0.39, 0.29) is 22.6 Å². The van der Waals surface area contributed by atoms with Crippen LogP contribution < -0.4 is 10.2 Å². The van der Waals surface area contributed by atoms with Crippen molar-refractivity contribution < 1.29 is 14.1 Å². The topological polar surface area (TPSA) is 91.9 Å². The van der Waals surface area contributed by atoms with E-state index in [1.807, 2.05) is 43.3 Å². The van der Waals surface area contributed by atoms with Gasteiger partial charge in [-0.25, -0.2) is 0 Å². The van der Waals surface area contributed by atoms with Gasteiger partial charge in [-0.2, -0.15) is 0 Å². The number of nitrogens with one attached hydrogen (secondary N) is 1. The van der Waals surface area contributed by atoms with Crippen LogP contribution in [0.1, 0.15) is 29.1 Å². The van der Waals surface area contributed by atoms with Crippen molar-refractivity contribution in [1.29, 1.82) is 0 Å². The molecule has 0 unspecified atom stereocenters. The van der Waals surface area contributed by atoms with Crippen LogP contribution >= 0.6 is 0 Å². The van der Waals surface area contributed by atoms with Crippen molar-refractivity contribution in [2.45, 2.75) is 13.0 Å².